The molecule has 0 bridgehead atoms. The van der Waals surface area contributed by atoms with Gasteiger partial charge in [0.05, 0.1) is 5.56 Å². The maximum absolute atomic E-state index is 12.6. The van der Waals surface area contributed by atoms with Gasteiger partial charge in [-0.2, -0.15) is 0 Å². The number of ketones is 2. The highest BCUT2D eigenvalue weighted by molar-refractivity contribution is 6.25. The van der Waals surface area contributed by atoms with Gasteiger partial charge in [-0.15, -0.1) is 0 Å². The van der Waals surface area contributed by atoms with Crippen molar-refractivity contribution in [3.63, 3.8) is 0 Å². The fourth-order valence-electron chi connectivity index (χ4n) is 2.80. The minimum Gasteiger partial charge on any atom is -0.452 e. The number of hydrogen-bond acceptors (Lipinski definition) is 3. The van der Waals surface area contributed by atoms with Crippen LogP contribution in [0.3, 0.4) is 0 Å². The van der Waals surface area contributed by atoms with Gasteiger partial charge in [0.1, 0.15) is 5.76 Å². The molecule has 1 aliphatic carbocycles. The topological polar surface area (TPSA) is 47.3 Å². The van der Waals surface area contributed by atoms with Gasteiger partial charge in [0.15, 0.2) is 17.3 Å². The van der Waals surface area contributed by atoms with Gasteiger partial charge in [-0.05, 0) is 11.5 Å². The number of carbonyl (C=O) groups is 2. The standard InChI is InChI=1S/C17H10O3/c1-9(18)14-8-13-16(19)11-6-2-4-10-5-3-7-12(15(10)11)17(13)20-14/h2-8H,1H3. The smallest absolute Gasteiger partial charge is 0.197 e. The van der Waals surface area contributed by atoms with E-state index < -0.39 is 0 Å². The Bertz CT molecular complexity index is 894. The first-order valence-corrected chi connectivity index (χ1v) is 6.38. The lowest BCUT2D eigenvalue weighted by Gasteiger charge is -2.15. The first kappa shape index (κ1) is 11.2. The van der Waals surface area contributed by atoms with Gasteiger partial charge in [0.25, 0.3) is 0 Å². The van der Waals surface area contributed by atoms with Crippen molar-refractivity contribution in [1.29, 1.82) is 0 Å². The SMILES string of the molecule is CC(=O)c1cc2c(o1)-c1cccc3cccc(c13)C2=O. The molecule has 0 aliphatic heterocycles. The molecule has 3 aromatic rings. The van der Waals surface area contributed by atoms with Crippen LogP contribution in [-0.4, -0.2) is 11.6 Å². The van der Waals surface area contributed by atoms with Gasteiger partial charge in [-0.25, -0.2) is 0 Å². The van der Waals surface area contributed by atoms with Crippen LogP contribution in [0.25, 0.3) is 22.1 Å². The second-order valence-corrected chi connectivity index (χ2v) is 4.95. The zero-order valence-electron chi connectivity index (χ0n) is 10.8. The minimum absolute atomic E-state index is 0.0828. The lowest BCUT2D eigenvalue weighted by atomic mass is 9.87. The summed E-state index contributed by atoms with van der Waals surface area (Å²) in [6.45, 7) is 1.43. The first-order valence-electron chi connectivity index (χ1n) is 6.38. The molecule has 0 spiro atoms. The zero-order valence-corrected chi connectivity index (χ0v) is 10.8. The molecule has 0 atom stereocenters. The largest absolute Gasteiger partial charge is 0.452 e. The van der Waals surface area contributed by atoms with Crippen molar-refractivity contribution in [3.8, 4) is 11.3 Å². The Kier molecular flexibility index (Phi) is 2.05. The number of rotatable bonds is 1. The van der Waals surface area contributed by atoms with Gasteiger partial charge in [0, 0.05) is 23.4 Å². The second kappa shape index (κ2) is 3.67. The molecular formula is C17H10O3. The molecule has 1 aliphatic rings. The number of carbonyl (C=O) groups excluding carboxylic acids is 2. The molecule has 96 valence electrons. The van der Waals surface area contributed by atoms with Crippen LogP contribution in [0.4, 0.5) is 0 Å². The van der Waals surface area contributed by atoms with Crippen LogP contribution in [-0.2, 0) is 0 Å². The van der Waals surface area contributed by atoms with Crippen molar-refractivity contribution in [1.82, 2.24) is 0 Å². The van der Waals surface area contributed by atoms with Crippen molar-refractivity contribution in [2.45, 2.75) is 6.92 Å². The molecule has 1 aromatic heterocycles. The Morgan fingerprint density at radius 2 is 1.70 bits per heavy atom. The van der Waals surface area contributed by atoms with Crippen molar-refractivity contribution >= 4 is 22.3 Å². The number of fused-ring (bicyclic) bond motifs is 2. The summed E-state index contributed by atoms with van der Waals surface area (Å²) in [7, 11) is 0. The van der Waals surface area contributed by atoms with Crippen molar-refractivity contribution < 1.29 is 14.0 Å². The molecule has 0 unspecified atom stereocenters. The van der Waals surface area contributed by atoms with E-state index in [1.807, 2.05) is 36.4 Å². The predicted molar refractivity (Wildman–Crippen MR) is 75.1 cm³/mol. The third kappa shape index (κ3) is 1.29. The van der Waals surface area contributed by atoms with E-state index in [2.05, 4.69) is 0 Å². The lowest BCUT2D eigenvalue weighted by molar-refractivity contribution is 0.0987. The fourth-order valence-corrected chi connectivity index (χ4v) is 2.80. The Morgan fingerprint density at radius 1 is 1.00 bits per heavy atom. The summed E-state index contributed by atoms with van der Waals surface area (Å²) >= 11 is 0. The predicted octanol–water partition coefficient (Wildman–Crippen LogP) is 3.85. The number of Topliss-reactive ketones (excluding diaryl/α,β-unsaturated/α-hetero) is 1. The minimum atomic E-state index is -0.177. The summed E-state index contributed by atoms with van der Waals surface area (Å²) in [6, 6.07) is 13.0. The van der Waals surface area contributed by atoms with Gasteiger partial charge in [-0.3, -0.25) is 9.59 Å². The molecular weight excluding hydrogens is 252 g/mol. The Balaban J connectivity index is 2.17. The van der Waals surface area contributed by atoms with Crippen LogP contribution in [0.5, 0.6) is 0 Å². The van der Waals surface area contributed by atoms with Crippen LogP contribution >= 0.6 is 0 Å². The summed E-state index contributed by atoms with van der Waals surface area (Å²) in [5.74, 6) is 0.474. The third-order valence-corrected chi connectivity index (χ3v) is 3.72. The maximum Gasteiger partial charge on any atom is 0.197 e. The average molecular weight is 262 g/mol. The average Bonchev–Trinajstić information content (AvgIpc) is 2.90. The van der Waals surface area contributed by atoms with Crippen molar-refractivity contribution in [2.24, 2.45) is 0 Å². The van der Waals surface area contributed by atoms with Gasteiger partial charge < -0.3 is 4.42 Å². The van der Waals surface area contributed by atoms with E-state index in [1.165, 1.54) is 6.92 Å². The Labute approximate surface area is 114 Å². The monoisotopic (exact) mass is 262 g/mol. The zero-order chi connectivity index (χ0) is 13.9. The van der Waals surface area contributed by atoms with Gasteiger partial charge >= 0.3 is 0 Å². The third-order valence-electron chi connectivity index (χ3n) is 3.72. The molecule has 0 saturated heterocycles. The van der Waals surface area contributed by atoms with E-state index in [4.69, 9.17) is 4.42 Å². The molecule has 1 heterocycles. The van der Waals surface area contributed by atoms with Crippen molar-refractivity contribution in [3.05, 3.63) is 59.4 Å². The first-order chi connectivity index (χ1) is 9.66. The lowest BCUT2D eigenvalue weighted by Crippen LogP contribution is -2.07. The molecule has 0 N–H and O–H groups in total. The summed E-state index contributed by atoms with van der Waals surface area (Å²) in [5.41, 5.74) is 2.02. The molecule has 0 saturated carbocycles. The number of hydrogen-bond donors (Lipinski definition) is 0. The second-order valence-electron chi connectivity index (χ2n) is 4.95. The number of benzene rings is 2. The highest BCUT2D eigenvalue weighted by Gasteiger charge is 2.29. The molecule has 0 amide bonds. The van der Waals surface area contributed by atoms with Crippen LogP contribution in [0.15, 0.2) is 46.9 Å². The highest BCUT2D eigenvalue weighted by Crippen LogP contribution is 2.40. The Morgan fingerprint density at radius 3 is 2.40 bits per heavy atom. The molecule has 0 radical (unpaired) electrons. The number of furan rings is 1. The van der Waals surface area contributed by atoms with E-state index in [9.17, 15) is 9.59 Å². The van der Waals surface area contributed by atoms with E-state index in [0.717, 1.165) is 16.3 Å². The maximum atomic E-state index is 12.6. The quantitative estimate of drug-likeness (QED) is 0.489. The van der Waals surface area contributed by atoms with Crippen LogP contribution < -0.4 is 0 Å². The molecule has 0 fully saturated rings. The summed E-state index contributed by atoms with van der Waals surface area (Å²) in [5, 5.41) is 1.90. The van der Waals surface area contributed by atoms with E-state index in [1.54, 1.807) is 6.07 Å². The van der Waals surface area contributed by atoms with E-state index in [-0.39, 0.29) is 17.3 Å². The molecule has 3 nitrogen and oxygen atoms in total. The van der Waals surface area contributed by atoms with Crippen LogP contribution in [0.2, 0.25) is 0 Å². The molecule has 2 aromatic carbocycles. The van der Waals surface area contributed by atoms with Gasteiger partial charge in [0.2, 0.25) is 0 Å². The van der Waals surface area contributed by atoms with Crippen LogP contribution in [0, 0.1) is 0 Å². The normalized spacial score (nSPS) is 12.6. The Hall–Kier alpha value is -2.68. The fraction of sp³-hybridized carbons (Fsp3) is 0.0588. The van der Waals surface area contributed by atoms with Gasteiger partial charge in [-0.1, -0.05) is 36.4 Å². The summed E-state index contributed by atoms with van der Waals surface area (Å²) in [6.07, 6.45) is 0. The molecule has 3 heteroatoms. The summed E-state index contributed by atoms with van der Waals surface area (Å²) in [4.78, 5) is 24.0. The molecule has 20 heavy (non-hydrogen) atoms. The molecule has 4 rings (SSSR count). The van der Waals surface area contributed by atoms with E-state index in [0.29, 0.717) is 16.9 Å². The highest BCUT2D eigenvalue weighted by atomic mass is 16.3. The van der Waals surface area contributed by atoms with E-state index >= 15 is 0 Å². The van der Waals surface area contributed by atoms with Crippen molar-refractivity contribution in [2.75, 3.05) is 0 Å². The van der Waals surface area contributed by atoms with Crippen LogP contribution in [0.1, 0.15) is 33.4 Å². The summed E-state index contributed by atoms with van der Waals surface area (Å²) < 4.78 is 5.61.